The van der Waals surface area contributed by atoms with E-state index in [0.29, 0.717) is 12.0 Å². The molecule has 1 aliphatic heterocycles. The Kier molecular flexibility index (Phi) is 5.90. The molecule has 1 saturated carbocycles. The predicted octanol–water partition coefficient (Wildman–Crippen LogP) is 3.53. The second-order valence-electron chi connectivity index (χ2n) is 5.94. The lowest BCUT2D eigenvalue weighted by atomic mass is 10.0. The minimum absolute atomic E-state index is 0. The number of halogens is 1. The van der Waals surface area contributed by atoms with Crippen molar-refractivity contribution in [2.45, 2.75) is 45.1 Å². The van der Waals surface area contributed by atoms with Gasteiger partial charge >= 0.3 is 0 Å². The molecule has 0 aromatic heterocycles. The lowest BCUT2D eigenvalue weighted by molar-refractivity contribution is 0.490. The molecular formula is C17H26IN3. The Morgan fingerprint density at radius 2 is 2.00 bits per heavy atom. The molecule has 0 spiro atoms. The molecule has 3 nitrogen and oxygen atoms in total. The van der Waals surface area contributed by atoms with Crippen LogP contribution in [0.5, 0.6) is 0 Å². The fraction of sp³-hybridized carbons (Fsp3) is 0.588. The minimum Gasteiger partial charge on any atom is -0.353 e. The van der Waals surface area contributed by atoms with Crippen LogP contribution >= 0.6 is 24.0 Å². The lowest BCUT2D eigenvalue weighted by Gasteiger charge is -2.21. The minimum atomic E-state index is 0. The quantitative estimate of drug-likeness (QED) is 0.479. The maximum absolute atomic E-state index is 4.67. The Morgan fingerprint density at radius 1 is 1.29 bits per heavy atom. The van der Waals surface area contributed by atoms with Crippen molar-refractivity contribution < 1.29 is 0 Å². The van der Waals surface area contributed by atoms with Crippen molar-refractivity contribution in [3.8, 4) is 0 Å². The molecule has 1 N–H and O–H groups in total. The number of benzene rings is 1. The fourth-order valence-electron chi connectivity index (χ4n) is 3.18. The summed E-state index contributed by atoms with van der Waals surface area (Å²) in [5, 5.41) is 3.69. The molecular weight excluding hydrogens is 373 g/mol. The van der Waals surface area contributed by atoms with Gasteiger partial charge in [-0.15, -0.1) is 24.0 Å². The molecule has 0 bridgehead atoms. The predicted molar refractivity (Wildman–Crippen MR) is 99.7 cm³/mol. The number of rotatable bonds is 3. The zero-order chi connectivity index (χ0) is 13.9. The number of hydrogen-bond acceptors (Lipinski definition) is 1. The maximum Gasteiger partial charge on any atom is 0.194 e. The van der Waals surface area contributed by atoms with E-state index in [2.05, 4.69) is 53.3 Å². The lowest BCUT2D eigenvalue weighted by Crippen LogP contribution is -2.41. The third-order valence-corrected chi connectivity index (χ3v) is 4.41. The van der Waals surface area contributed by atoms with E-state index in [1.165, 1.54) is 30.4 Å². The molecule has 1 aromatic carbocycles. The molecule has 2 atom stereocenters. The molecule has 1 aromatic rings. The third-order valence-electron chi connectivity index (χ3n) is 4.41. The van der Waals surface area contributed by atoms with E-state index in [9.17, 15) is 0 Å². The van der Waals surface area contributed by atoms with Crippen molar-refractivity contribution in [3.05, 3.63) is 35.4 Å². The standard InChI is InChI=1S/C17H25N3.HI/c1-3-18-17(20-10-6-7-11-20)19-16-12-15(16)14-9-5-4-8-13(14)2;/h4-5,8-9,15-16H,3,6-7,10-12H2,1-2H3,(H,18,19);1H. The molecule has 1 aliphatic carbocycles. The van der Waals surface area contributed by atoms with Crippen molar-refractivity contribution in [2.24, 2.45) is 4.99 Å². The summed E-state index contributed by atoms with van der Waals surface area (Å²) in [6, 6.07) is 9.33. The first kappa shape index (κ1) is 16.6. The summed E-state index contributed by atoms with van der Waals surface area (Å²) in [7, 11) is 0. The van der Waals surface area contributed by atoms with Gasteiger partial charge in [0.2, 0.25) is 0 Å². The SMILES string of the molecule is CCN=C(NC1CC1c1ccccc1C)N1CCCC1.I. The van der Waals surface area contributed by atoms with Crippen LogP contribution in [0.25, 0.3) is 0 Å². The van der Waals surface area contributed by atoms with E-state index >= 15 is 0 Å². The number of nitrogens with zero attached hydrogens (tertiary/aromatic N) is 2. The second kappa shape index (κ2) is 7.47. The highest BCUT2D eigenvalue weighted by Crippen LogP contribution is 2.42. The van der Waals surface area contributed by atoms with Crippen LogP contribution in [0.2, 0.25) is 0 Å². The van der Waals surface area contributed by atoms with Crippen LogP contribution < -0.4 is 5.32 Å². The van der Waals surface area contributed by atoms with Crippen molar-refractivity contribution in [3.63, 3.8) is 0 Å². The summed E-state index contributed by atoms with van der Waals surface area (Å²) in [6.45, 7) is 7.51. The van der Waals surface area contributed by atoms with Gasteiger partial charge in [-0.2, -0.15) is 0 Å². The van der Waals surface area contributed by atoms with Gasteiger partial charge in [0.25, 0.3) is 0 Å². The van der Waals surface area contributed by atoms with Crippen molar-refractivity contribution in [1.29, 1.82) is 0 Å². The molecule has 2 fully saturated rings. The fourth-order valence-corrected chi connectivity index (χ4v) is 3.18. The molecule has 116 valence electrons. The number of hydrogen-bond donors (Lipinski definition) is 1. The Morgan fingerprint density at radius 3 is 2.67 bits per heavy atom. The first-order chi connectivity index (χ1) is 9.79. The summed E-state index contributed by atoms with van der Waals surface area (Å²) in [5.74, 6) is 1.80. The molecule has 4 heteroatoms. The van der Waals surface area contributed by atoms with E-state index in [0.717, 1.165) is 25.6 Å². The van der Waals surface area contributed by atoms with Gasteiger partial charge in [-0.05, 0) is 44.2 Å². The van der Waals surface area contributed by atoms with Gasteiger partial charge < -0.3 is 10.2 Å². The number of aliphatic imine (C=N–C) groups is 1. The molecule has 0 radical (unpaired) electrons. The van der Waals surface area contributed by atoms with Crippen molar-refractivity contribution in [2.75, 3.05) is 19.6 Å². The van der Waals surface area contributed by atoms with Gasteiger partial charge in [0, 0.05) is 31.6 Å². The molecule has 21 heavy (non-hydrogen) atoms. The van der Waals surface area contributed by atoms with Gasteiger partial charge in [0.15, 0.2) is 5.96 Å². The highest BCUT2D eigenvalue weighted by Gasteiger charge is 2.40. The van der Waals surface area contributed by atoms with Crippen molar-refractivity contribution in [1.82, 2.24) is 10.2 Å². The number of likely N-dealkylation sites (tertiary alicyclic amines) is 1. The van der Waals surface area contributed by atoms with Crippen LogP contribution in [0.3, 0.4) is 0 Å². The van der Waals surface area contributed by atoms with E-state index < -0.39 is 0 Å². The van der Waals surface area contributed by atoms with E-state index in [4.69, 9.17) is 0 Å². The zero-order valence-corrected chi connectivity index (χ0v) is 15.3. The van der Waals surface area contributed by atoms with Gasteiger partial charge in [-0.3, -0.25) is 4.99 Å². The monoisotopic (exact) mass is 399 g/mol. The van der Waals surface area contributed by atoms with Crippen LogP contribution in [0.1, 0.15) is 43.2 Å². The average molecular weight is 399 g/mol. The number of aryl methyl sites for hydroxylation is 1. The summed E-state index contributed by atoms with van der Waals surface area (Å²) < 4.78 is 0. The topological polar surface area (TPSA) is 27.6 Å². The smallest absolute Gasteiger partial charge is 0.194 e. The average Bonchev–Trinajstić information content (AvgIpc) is 3.00. The van der Waals surface area contributed by atoms with Crippen LogP contribution in [-0.2, 0) is 0 Å². The second-order valence-corrected chi connectivity index (χ2v) is 5.94. The summed E-state index contributed by atoms with van der Waals surface area (Å²) >= 11 is 0. The van der Waals surface area contributed by atoms with Crippen LogP contribution in [-0.4, -0.2) is 36.5 Å². The maximum atomic E-state index is 4.67. The van der Waals surface area contributed by atoms with Gasteiger partial charge in [0.05, 0.1) is 0 Å². The Hall–Kier alpha value is -0.780. The van der Waals surface area contributed by atoms with E-state index in [1.807, 2.05) is 0 Å². The highest BCUT2D eigenvalue weighted by atomic mass is 127. The summed E-state index contributed by atoms with van der Waals surface area (Å²) in [6.07, 6.45) is 3.84. The summed E-state index contributed by atoms with van der Waals surface area (Å²) in [5.41, 5.74) is 2.92. The van der Waals surface area contributed by atoms with Gasteiger partial charge in [-0.25, -0.2) is 0 Å². The Labute approximate surface area is 145 Å². The van der Waals surface area contributed by atoms with Crippen LogP contribution in [0.4, 0.5) is 0 Å². The largest absolute Gasteiger partial charge is 0.353 e. The van der Waals surface area contributed by atoms with E-state index in [1.54, 1.807) is 0 Å². The molecule has 3 rings (SSSR count). The normalized spacial score (nSPS) is 24.7. The van der Waals surface area contributed by atoms with Gasteiger partial charge in [-0.1, -0.05) is 24.3 Å². The molecule has 2 aliphatic rings. The first-order valence-corrected chi connectivity index (χ1v) is 7.91. The highest BCUT2D eigenvalue weighted by molar-refractivity contribution is 14.0. The molecule has 2 unspecified atom stereocenters. The number of nitrogens with one attached hydrogen (secondary N) is 1. The molecule has 1 saturated heterocycles. The molecule has 1 heterocycles. The van der Waals surface area contributed by atoms with Crippen molar-refractivity contribution >= 4 is 29.9 Å². The van der Waals surface area contributed by atoms with E-state index in [-0.39, 0.29) is 24.0 Å². The van der Waals surface area contributed by atoms with Crippen LogP contribution in [0.15, 0.2) is 29.3 Å². The molecule has 0 amide bonds. The number of guanidine groups is 1. The van der Waals surface area contributed by atoms with Crippen LogP contribution in [0, 0.1) is 6.92 Å². The Balaban J connectivity index is 0.00000161. The first-order valence-electron chi connectivity index (χ1n) is 7.91. The Bertz CT molecular complexity index is 495. The summed E-state index contributed by atoms with van der Waals surface area (Å²) in [4.78, 5) is 7.08. The third kappa shape index (κ3) is 3.90. The van der Waals surface area contributed by atoms with Gasteiger partial charge in [0.1, 0.15) is 0 Å². The zero-order valence-electron chi connectivity index (χ0n) is 13.0.